The molecule has 0 aliphatic carbocycles. The summed E-state index contributed by atoms with van der Waals surface area (Å²) in [6.45, 7) is 0. The van der Waals surface area contributed by atoms with Gasteiger partial charge in [0.2, 0.25) is 0 Å². The highest BCUT2D eigenvalue weighted by Crippen LogP contribution is 2.22. The van der Waals surface area contributed by atoms with Crippen LogP contribution in [0.1, 0.15) is 5.76 Å². The van der Waals surface area contributed by atoms with Crippen molar-refractivity contribution in [1.82, 2.24) is 5.16 Å². The van der Waals surface area contributed by atoms with Gasteiger partial charge in [0.25, 0.3) is 0 Å². The lowest BCUT2D eigenvalue weighted by molar-refractivity contribution is -0.136. The minimum Gasteiger partial charge on any atom is -0.497 e. The van der Waals surface area contributed by atoms with Crippen LogP contribution in [-0.2, 0) is 11.2 Å². The average Bonchev–Trinajstić information content (AvgIpc) is 2.77. The predicted octanol–water partition coefficient (Wildman–Crippen LogP) is 1.98. The molecule has 17 heavy (non-hydrogen) atoms. The number of nitrogens with zero attached hydrogens (tertiary/aromatic N) is 1. The lowest BCUT2D eigenvalue weighted by Gasteiger charge is -1.99. The Morgan fingerprint density at radius 1 is 1.41 bits per heavy atom. The number of ether oxygens (including phenoxy) is 1. The highest BCUT2D eigenvalue weighted by Gasteiger charge is 2.09. The van der Waals surface area contributed by atoms with Crippen LogP contribution in [0.15, 0.2) is 34.9 Å². The molecule has 1 aromatic heterocycles. The van der Waals surface area contributed by atoms with Crippen LogP contribution >= 0.6 is 0 Å². The highest BCUT2D eigenvalue weighted by molar-refractivity contribution is 5.70. The number of hydrogen-bond acceptors (Lipinski definition) is 4. The number of carbonyl (C=O) groups is 1. The minimum atomic E-state index is -0.942. The summed E-state index contributed by atoms with van der Waals surface area (Å²) in [5.74, 6) is 0.147. The summed E-state index contributed by atoms with van der Waals surface area (Å²) in [7, 11) is 1.59. The van der Waals surface area contributed by atoms with Crippen molar-refractivity contribution in [2.75, 3.05) is 7.11 Å². The Hall–Kier alpha value is -2.30. The number of carboxylic acids is 1. The Morgan fingerprint density at radius 2 is 2.12 bits per heavy atom. The van der Waals surface area contributed by atoms with Crippen LogP contribution in [0.3, 0.4) is 0 Å². The second-order valence-corrected chi connectivity index (χ2v) is 3.48. The summed E-state index contributed by atoms with van der Waals surface area (Å²) >= 11 is 0. The summed E-state index contributed by atoms with van der Waals surface area (Å²) in [5, 5.41) is 12.4. The Bertz CT molecular complexity index is 516. The van der Waals surface area contributed by atoms with E-state index in [1.54, 1.807) is 25.3 Å². The maximum atomic E-state index is 10.5. The molecule has 5 heteroatoms. The molecule has 0 unspecified atom stereocenters. The predicted molar refractivity (Wildman–Crippen MR) is 59.8 cm³/mol. The van der Waals surface area contributed by atoms with Crippen LogP contribution in [0.4, 0.5) is 0 Å². The van der Waals surface area contributed by atoms with Gasteiger partial charge in [-0.1, -0.05) is 5.16 Å². The number of rotatable bonds is 4. The van der Waals surface area contributed by atoms with Crippen molar-refractivity contribution in [2.24, 2.45) is 0 Å². The monoisotopic (exact) mass is 233 g/mol. The Morgan fingerprint density at radius 3 is 2.71 bits per heavy atom. The van der Waals surface area contributed by atoms with Crippen LogP contribution in [0, 0.1) is 0 Å². The smallest absolute Gasteiger partial charge is 0.311 e. The van der Waals surface area contributed by atoms with Crippen molar-refractivity contribution in [1.29, 1.82) is 0 Å². The molecule has 1 N–H and O–H groups in total. The number of aromatic nitrogens is 1. The molecule has 1 heterocycles. The zero-order valence-electron chi connectivity index (χ0n) is 9.21. The SMILES string of the molecule is COc1ccc(-c2cc(CC(=O)O)on2)cc1. The van der Waals surface area contributed by atoms with Crippen molar-refractivity contribution in [3.8, 4) is 17.0 Å². The van der Waals surface area contributed by atoms with Crippen LogP contribution in [0.5, 0.6) is 5.75 Å². The zero-order chi connectivity index (χ0) is 12.3. The molecular formula is C12H11NO4. The van der Waals surface area contributed by atoms with Crippen LogP contribution in [0.2, 0.25) is 0 Å². The number of benzene rings is 1. The van der Waals surface area contributed by atoms with Gasteiger partial charge in [0.05, 0.1) is 7.11 Å². The molecule has 0 saturated carbocycles. The van der Waals surface area contributed by atoms with Crippen molar-refractivity contribution < 1.29 is 19.2 Å². The van der Waals surface area contributed by atoms with E-state index in [1.807, 2.05) is 12.1 Å². The molecule has 0 bridgehead atoms. The van der Waals surface area contributed by atoms with Gasteiger partial charge in [-0.3, -0.25) is 4.79 Å². The van der Waals surface area contributed by atoms with Crippen molar-refractivity contribution in [3.05, 3.63) is 36.1 Å². The van der Waals surface area contributed by atoms with Crippen molar-refractivity contribution >= 4 is 5.97 Å². The molecule has 5 nitrogen and oxygen atoms in total. The van der Waals surface area contributed by atoms with Gasteiger partial charge in [-0.2, -0.15) is 0 Å². The number of carboxylic acid groups (broad SMARTS) is 1. The molecule has 0 fully saturated rings. The molecule has 1 aromatic carbocycles. The van der Waals surface area contributed by atoms with E-state index in [4.69, 9.17) is 14.4 Å². The molecule has 0 saturated heterocycles. The Labute approximate surface area is 97.6 Å². The lowest BCUT2D eigenvalue weighted by Crippen LogP contribution is -1.97. The third kappa shape index (κ3) is 2.63. The van der Waals surface area contributed by atoms with E-state index < -0.39 is 5.97 Å². The third-order valence-corrected chi connectivity index (χ3v) is 2.27. The molecule has 2 rings (SSSR count). The summed E-state index contributed by atoms with van der Waals surface area (Å²) in [6, 6.07) is 8.90. The maximum Gasteiger partial charge on any atom is 0.311 e. The fraction of sp³-hybridized carbons (Fsp3) is 0.167. The van der Waals surface area contributed by atoms with Crippen molar-refractivity contribution in [3.63, 3.8) is 0 Å². The summed E-state index contributed by atoms with van der Waals surface area (Å²) in [6.07, 6.45) is -0.164. The molecule has 0 aliphatic heterocycles. The second-order valence-electron chi connectivity index (χ2n) is 3.48. The van der Waals surface area contributed by atoms with Gasteiger partial charge >= 0.3 is 5.97 Å². The molecule has 0 spiro atoms. The molecule has 88 valence electrons. The maximum absolute atomic E-state index is 10.5. The molecular weight excluding hydrogens is 222 g/mol. The number of hydrogen-bond donors (Lipinski definition) is 1. The van der Waals surface area contributed by atoms with Gasteiger partial charge in [-0.15, -0.1) is 0 Å². The first-order chi connectivity index (χ1) is 8.19. The first kappa shape index (κ1) is 11.2. The first-order valence-electron chi connectivity index (χ1n) is 5.01. The minimum absolute atomic E-state index is 0.164. The molecule has 0 aliphatic rings. The van der Waals surface area contributed by atoms with E-state index in [2.05, 4.69) is 5.16 Å². The molecule has 0 amide bonds. The van der Waals surface area contributed by atoms with Gasteiger partial charge in [0.15, 0.2) is 0 Å². The van der Waals surface area contributed by atoms with E-state index in [1.165, 1.54) is 0 Å². The summed E-state index contributed by atoms with van der Waals surface area (Å²) < 4.78 is 9.97. The normalized spacial score (nSPS) is 10.2. The van der Waals surface area contributed by atoms with E-state index >= 15 is 0 Å². The number of aliphatic carboxylic acids is 1. The average molecular weight is 233 g/mol. The van der Waals surface area contributed by atoms with E-state index in [0.717, 1.165) is 11.3 Å². The van der Waals surface area contributed by atoms with Crippen LogP contribution in [0.25, 0.3) is 11.3 Å². The fourth-order valence-electron chi connectivity index (χ4n) is 1.44. The van der Waals surface area contributed by atoms with E-state index in [9.17, 15) is 4.79 Å². The largest absolute Gasteiger partial charge is 0.497 e. The molecule has 0 radical (unpaired) electrons. The van der Waals surface area contributed by atoms with Crippen LogP contribution < -0.4 is 4.74 Å². The van der Waals surface area contributed by atoms with Crippen molar-refractivity contribution in [2.45, 2.75) is 6.42 Å². The van der Waals surface area contributed by atoms with Gasteiger partial charge in [-0.05, 0) is 24.3 Å². The first-order valence-corrected chi connectivity index (χ1v) is 5.01. The molecule has 0 atom stereocenters. The second kappa shape index (κ2) is 4.69. The van der Waals surface area contributed by atoms with Gasteiger partial charge in [0, 0.05) is 11.6 Å². The Balaban J connectivity index is 2.21. The lowest BCUT2D eigenvalue weighted by atomic mass is 10.1. The fourth-order valence-corrected chi connectivity index (χ4v) is 1.44. The topological polar surface area (TPSA) is 72.6 Å². The van der Waals surface area contributed by atoms with E-state index in [0.29, 0.717) is 11.5 Å². The van der Waals surface area contributed by atoms with Gasteiger partial charge in [0.1, 0.15) is 23.6 Å². The third-order valence-electron chi connectivity index (χ3n) is 2.27. The number of methoxy groups -OCH3 is 1. The summed E-state index contributed by atoms with van der Waals surface area (Å²) in [5.41, 5.74) is 1.47. The van der Waals surface area contributed by atoms with Gasteiger partial charge < -0.3 is 14.4 Å². The quantitative estimate of drug-likeness (QED) is 0.874. The molecule has 2 aromatic rings. The Kier molecular flexibility index (Phi) is 3.09. The standard InChI is InChI=1S/C12H11NO4/c1-16-9-4-2-8(3-5-9)11-6-10(17-13-11)7-12(14)15/h2-6H,7H2,1H3,(H,14,15). The highest BCUT2D eigenvalue weighted by atomic mass is 16.5. The van der Waals surface area contributed by atoms with E-state index in [-0.39, 0.29) is 6.42 Å². The zero-order valence-corrected chi connectivity index (χ0v) is 9.21. The van der Waals surface area contributed by atoms with Gasteiger partial charge in [-0.25, -0.2) is 0 Å². The summed E-state index contributed by atoms with van der Waals surface area (Å²) in [4.78, 5) is 10.5. The van der Waals surface area contributed by atoms with Crippen LogP contribution in [-0.4, -0.2) is 23.3 Å².